The largest absolute Gasteiger partial charge is 0.253 e. The standard InChI is InChI=1S/C10H15N/c1-4-7-8-10(6-3)11-9-5-2/h6,9H,4-5H2,1-3H3/b10-6-,11-9?. The van der Waals surface area contributed by atoms with Crippen molar-refractivity contribution < 1.29 is 0 Å². The van der Waals surface area contributed by atoms with Crippen molar-refractivity contribution in [3.63, 3.8) is 0 Å². The Morgan fingerprint density at radius 3 is 2.64 bits per heavy atom. The lowest BCUT2D eigenvalue weighted by atomic mass is 10.4. The zero-order valence-electron chi connectivity index (χ0n) is 7.52. The van der Waals surface area contributed by atoms with Gasteiger partial charge in [0.1, 0.15) is 5.70 Å². The van der Waals surface area contributed by atoms with Gasteiger partial charge in [-0.25, -0.2) is 0 Å². The maximum atomic E-state index is 4.16. The molecule has 0 amide bonds. The van der Waals surface area contributed by atoms with Gasteiger partial charge in [0.2, 0.25) is 0 Å². The number of rotatable bonds is 2. The third-order valence-corrected chi connectivity index (χ3v) is 1.08. The predicted molar refractivity (Wildman–Crippen MR) is 50.6 cm³/mol. The minimum atomic E-state index is 0.869. The summed E-state index contributed by atoms with van der Waals surface area (Å²) in [4.78, 5) is 4.16. The van der Waals surface area contributed by atoms with E-state index in [4.69, 9.17) is 0 Å². The fourth-order valence-corrected chi connectivity index (χ4v) is 0.548. The normalized spacial score (nSPS) is 11.4. The van der Waals surface area contributed by atoms with Gasteiger partial charge in [-0.05, 0) is 19.3 Å². The highest BCUT2D eigenvalue weighted by atomic mass is 14.7. The fraction of sp³-hybridized carbons (Fsp3) is 0.500. The van der Waals surface area contributed by atoms with Crippen molar-refractivity contribution in [2.75, 3.05) is 0 Å². The maximum Gasteiger partial charge on any atom is 0.108 e. The molecule has 0 aliphatic rings. The molecule has 0 fully saturated rings. The van der Waals surface area contributed by atoms with Gasteiger partial charge in [-0.3, -0.25) is 4.99 Å². The molecule has 0 aromatic rings. The third kappa shape index (κ3) is 5.42. The van der Waals surface area contributed by atoms with Gasteiger partial charge in [-0.2, -0.15) is 0 Å². The van der Waals surface area contributed by atoms with Crippen LogP contribution in [0.4, 0.5) is 0 Å². The Bertz CT molecular complexity index is 201. The molecule has 0 unspecified atom stereocenters. The predicted octanol–water partition coefficient (Wildman–Crippen LogP) is 2.78. The van der Waals surface area contributed by atoms with Crippen LogP contribution in [0.5, 0.6) is 0 Å². The molecule has 0 spiro atoms. The lowest BCUT2D eigenvalue weighted by Crippen LogP contribution is -1.74. The molecule has 0 aliphatic carbocycles. The van der Waals surface area contributed by atoms with E-state index in [9.17, 15) is 0 Å². The number of allylic oxidation sites excluding steroid dienone is 2. The molecule has 0 atom stereocenters. The quantitative estimate of drug-likeness (QED) is 0.423. The van der Waals surface area contributed by atoms with Crippen molar-refractivity contribution in [2.24, 2.45) is 4.99 Å². The molecule has 0 N–H and O–H groups in total. The van der Waals surface area contributed by atoms with Crippen molar-refractivity contribution in [3.8, 4) is 11.8 Å². The minimum Gasteiger partial charge on any atom is -0.253 e. The van der Waals surface area contributed by atoms with Gasteiger partial charge >= 0.3 is 0 Å². The highest BCUT2D eigenvalue weighted by Gasteiger charge is 1.80. The average molecular weight is 149 g/mol. The first kappa shape index (κ1) is 9.97. The van der Waals surface area contributed by atoms with Crippen molar-refractivity contribution in [2.45, 2.75) is 33.6 Å². The van der Waals surface area contributed by atoms with Gasteiger partial charge < -0.3 is 0 Å². The summed E-state index contributed by atoms with van der Waals surface area (Å²) in [6, 6.07) is 0. The minimum absolute atomic E-state index is 0.869. The number of nitrogens with zero attached hydrogens (tertiary/aromatic N) is 1. The Labute approximate surface area is 69.2 Å². The molecule has 0 rings (SSSR count). The molecule has 11 heavy (non-hydrogen) atoms. The van der Waals surface area contributed by atoms with Crippen molar-refractivity contribution in [1.29, 1.82) is 0 Å². The molecule has 0 aromatic heterocycles. The highest BCUT2D eigenvalue weighted by Crippen LogP contribution is 1.93. The number of aliphatic imine (C=N–C) groups is 1. The Balaban J connectivity index is 4.09. The highest BCUT2D eigenvalue weighted by molar-refractivity contribution is 5.59. The maximum absolute atomic E-state index is 4.16. The summed E-state index contributed by atoms with van der Waals surface area (Å²) < 4.78 is 0. The molecule has 60 valence electrons. The van der Waals surface area contributed by atoms with Crippen LogP contribution in [0.2, 0.25) is 0 Å². The molecule has 0 saturated heterocycles. The summed E-state index contributed by atoms with van der Waals surface area (Å²) in [5.74, 6) is 5.94. The summed E-state index contributed by atoms with van der Waals surface area (Å²) in [7, 11) is 0. The van der Waals surface area contributed by atoms with Crippen molar-refractivity contribution in [3.05, 3.63) is 11.8 Å². The van der Waals surface area contributed by atoms with Gasteiger partial charge in [-0.1, -0.05) is 25.8 Å². The molecule has 0 aliphatic heterocycles. The van der Waals surface area contributed by atoms with E-state index in [2.05, 4.69) is 23.8 Å². The topological polar surface area (TPSA) is 12.4 Å². The second-order valence-corrected chi connectivity index (χ2v) is 2.05. The Morgan fingerprint density at radius 2 is 2.18 bits per heavy atom. The monoisotopic (exact) mass is 149 g/mol. The first-order chi connectivity index (χ1) is 5.35. The van der Waals surface area contributed by atoms with Gasteiger partial charge in [-0.15, -0.1) is 0 Å². The Kier molecular flexibility index (Phi) is 6.42. The van der Waals surface area contributed by atoms with Gasteiger partial charge in [0.25, 0.3) is 0 Å². The summed E-state index contributed by atoms with van der Waals surface area (Å²) >= 11 is 0. The summed E-state index contributed by atoms with van der Waals surface area (Å²) in [5.41, 5.74) is 0.869. The van der Waals surface area contributed by atoms with Crippen LogP contribution in [0.3, 0.4) is 0 Å². The zero-order chi connectivity index (χ0) is 8.53. The van der Waals surface area contributed by atoms with Crippen LogP contribution in [0.25, 0.3) is 0 Å². The van der Waals surface area contributed by atoms with Crippen LogP contribution in [-0.4, -0.2) is 6.21 Å². The van der Waals surface area contributed by atoms with Crippen LogP contribution >= 0.6 is 0 Å². The Morgan fingerprint density at radius 1 is 1.45 bits per heavy atom. The molecule has 0 bridgehead atoms. The molecular weight excluding hydrogens is 134 g/mol. The smallest absolute Gasteiger partial charge is 0.108 e. The number of hydrogen-bond donors (Lipinski definition) is 0. The van der Waals surface area contributed by atoms with E-state index in [1.54, 1.807) is 0 Å². The molecule has 0 aromatic carbocycles. The first-order valence-electron chi connectivity index (χ1n) is 4.02. The summed E-state index contributed by atoms with van der Waals surface area (Å²) in [6.07, 6.45) is 5.65. The zero-order valence-corrected chi connectivity index (χ0v) is 7.52. The van der Waals surface area contributed by atoms with E-state index in [0.717, 1.165) is 18.5 Å². The van der Waals surface area contributed by atoms with E-state index in [1.807, 2.05) is 26.1 Å². The van der Waals surface area contributed by atoms with Gasteiger partial charge in [0, 0.05) is 12.6 Å². The van der Waals surface area contributed by atoms with Gasteiger partial charge in [0.05, 0.1) is 0 Å². The van der Waals surface area contributed by atoms with E-state index in [0.29, 0.717) is 0 Å². The van der Waals surface area contributed by atoms with E-state index < -0.39 is 0 Å². The van der Waals surface area contributed by atoms with Crippen LogP contribution in [0, 0.1) is 11.8 Å². The molecule has 0 saturated carbocycles. The lowest BCUT2D eigenvalue weighted by Gasteiger charge is -1.85. The van der Waals surface area contributed by atoms with E-state index in [-0.39, 0.29) is 0 Å². The Hall–Kier alpha value is -1.03. The number of hydrogen-bond acceptors (Lipinski definition) is 1. The molecular formula is C10H15N. The first-order valence-corrected chi connectivity index (χ1v) is 4.02. The fourth-order valence-electron chi connectivity index (χ4n) is 0.548. The molecule has 1 heteroatoms. The van der Waals surface area contributed by atoms with Crippen LogP contribution in [0.15, 0.2) is 16.8 Å². The third-order valence-electron chi connectivity index (χ3n) is 1.08. The lowest BCUT2D eigenvalue weighted by molar-refractivity contribution is 1.27. The second-order valence-electron chi connectivity index (χ2n) is 2.05. The molecule has 1 nitrogen and oxygen atoms in total. The van der Waals surface area contributed by atoms with Crippen LogP contribution in [0.1, 0.15) is 33.6 Å². The van der Waals surface area contributed by atoms with Crippen molar-refractivity contribution >= 4 is 6.21 Å². The summed E-state index contributed by atoms with van der Waals surface area (Å²) in [5, 5.41) is 0. The van der Waals surface area contributed by atoms with Crippen LogP contribution in [-0.2, 0) is 0 Å². The molecule has 0 radical (unpaired) electrons. The SMILES string of the molecule is C/C=C(/C#CCC)N=CCC. The van der Waals surface area contributed by atoms with E-state index >= 15 is 0 Å². The van der Waals surface area contributed by atoms with E-state index in [1.165, 1.54) is 0 Å². The average Bonchev–Trinajstić information content (AvgIpc) is 2.05. The van der Waals surface area contributed by atoms with Crippen molar-refractivity contribution in [1.82, 2.24) is 0 Å². The van der Waals surface area contributed by atoms with Gasteiger partial charge in [0.15, 0.2) is 0 Å². The summed E-state index contributed by atoms with van der Waals surface area (Å²) in [6.45, 7) is 6.04. The second kappa shape index (κ2) is 7.08. The van der Waals surface area contributed by atoms with Crippen LogP contribution < -0.4 is 0 Å². The molecule has 0 heterocycles.